The van der Waals surface area contributed by atoms with Crippen molar-refractivity contribution in [2.75, 3.05) is 6.54 Å². The van der Waals surface area contributed by atoms with Gasteiger partial charge in [0.25, 0.3) is 0 Å². The SMILES string of the molecule is CC[C@@H]1N(Cc2ccco2)CCC[C@@]12CCC(=O)N2. The topological polar surface area (TPSA) is 45.5 Å². The molecule has 1 spiro atoms. The number of likely N-dealkylation sites (tertiary alicyclic amines) is 1. The van der Waals surface area contributed by atoms with Crippen LogP contribution in [-0.4, -0.2) is 28.9 Å². The predicted octanol–water partition coefficient (Wildman–Crippen LogP) is 2.30. The number of piperidine rings is 1. The van der Waals surface area contributed by atoms with Gasteiger partial charge in [-0.15, -0.1) is 0 Å². The summed E-state index contributed by atoms with van der Waals surface area (Å²) in [6.45, 7) is 4.16. The highest BCUT2D eigenvalue weighted by atomic mass is 16.3. The molecule has 1 N–H and O–H groups in total. The number of nitrogens with one attached hydrogen (secondary N) is 1. The van der Waals surface area contributed by atoms with Crippen LogP contribution in [-0.2, 0) is 11.3 Å². The van der Waals surface area contributed by atoms with Crippen LogP contribution in [0.15, 0.2) is 22.8 Å². The molecule has 4 nitrogen and oxygen atoms in total. The first-order chi connectivity index (χ1) is 9.23. The average Bonchev–Trinajstić information content (AvgIpc) is 3.01. The summed E-state index contributed by atoms with van der Waals surface area (Å²) in [5, 5.41) is 3.27. The van der Waals surface area contributed by atoms with E-state index in [0.717, 1.165) is 44.5 Å². The van der Waals surface area contributed by atoms with Crippen molar-refractivity contribution in [3.8, 4) is 0 Å². The van der Waals surface area contributed by atoms with E-state index in [-0.39, 0.29) is 11.4 Å². The quantitative estimate of drug-likeness (QED) is 0.909. The van der Waals surface area contributed by atoms with Gasteiger partial charge >= 0.3 is 0 Å². The average molecular weight is 262 g/mol. The van der Waals surface area contributed by atoms with Gasteiger partial charge in [0.15, 0.2) is 0 Å². The van der Waals surface area contributed by atoms with Crippen molar-refractivity contribution in [2.24, 2.45) is 0 Å². The van der Waals surface area contributed by atoms with Crippen LogP contribution in [0.5, 0.6) is 0 Å². The van der Waals surface area contributed by atoms with Crippen LogP contribution in [0.1, 0.15) is 44.8 Å². The minimum Gasteiger partial charge on any atom is -0.468 e. The smallest absolute Gasteiger partial charge is 0.220 e. The Balaban J connectivity index is 1.78. The van der Waals surface area contributed by atoms with Gasteiger partial charge in [0.1, 0.15) is 5.76 Å². The molecule has 4 heteroatoms. The predicted molar refractivity (Wildman–Crippen MR) is 72.5 cm³/mol. The molecule has 2 saturated heterocycles. The molecule has 0 saturated carbocycles. The second kappa shape index (κ2) is 5.00. The lowest BCUT2D eigenvalue weighted by Crippen LogP contribution is -2.61. The number of hydrogen-bond donors (Lipinski definition) is 1. The molecule has 19 heavy (non-hydrogen) atoms. The molecule has 0 aromatic carbocycles. The van der Waals surface area contributed by atoms with Gasteiger partial charge in [-0.2, -0.15) is 0 Å². The normalized spacial score (nSPS) is 31.8. The van der Waals surface area contributed by atoms with Gasteiger partial charge in [-0.05, 0) is 44.4 Å². The molecule has 0 unspecified atom stereocenters. The lowest BCUT2D eigenvalue weighted by molar-refractivity contribution is -0.120. The van der Waals surface area contributed by atoms with Gasteiger partial charge < -0.3 is 9.73 Å². The van der Waals surface area contributed by atoms with Gasteiger partial charge in [0.2, 0.25) is 5.91 Å². The van der Waals surface area contributed by atoms with Crippen LogP contribution in [0, 0.1) is 0 Å². The second-order valence-corrected chi connectivity index (χ2v) is 5.78. The highest BCUT2D eigenvalue weighted by Gasteiger charge is 2.47. The van der Waals surface area contributed by atoms with Gasteiger partial charge in [-0.1, -0.05) is 6.92 Å². The molecule has 2 fully saturated rings. The van der Waals surface area contributed by atoms with E-state index >= 15 is 0 Å². The van der Waals surface area contributed by atoms with E-state index < -0.39 is 0 Å². The highest BCUT2D eigenvalue weighted by Crippen LogP contribution is 2.37. The minimum absolute atomic E-state index is 0.0106. The van der Waals surface area contributed by atoms with E-state index in [4.69, 9.17) is 4.42 Å². The lowest BCUT2D eigenvalue weighted by atomic mass is 9.78. The first-order valence-electron chi connectivity index (χ1n) is 7.31. The zero-order valence-corrected chi connectivity index (χ0v) is 11.5. The van der Waals surface area contributed by atoms with Crippen molar-refractivity contribution >= 4 is 5.91 Å². The summed E-state index contributed by atoms with van der Waals surface area (Å²) in [5.74, 6) is 1.23. The molecule has 3 heterocycles. The maximum atomic E-state index is 11.7. The third-order valence-electron chi connectivity index (χ3n) is 4.66. The first-order valence-corrected chi connectivity index (χ1v) is 7.31. The third kappa shape index (κ3) is 2.29. The number of furan rings is 1. The van der Waals surface area contributed by atoms with E-state index in [1.165, 1.54) is 0 Å². The van der Waals surface area contributed by atoms with Crippen molar-refractivity contribution in [2.45, 2.75) is 57.2 Å². The molecule has 2 aliphatic rings. The summed E-state index contributed by atoms with van der Waals surface area (Å²) in [7, 11) is 0. The highest BCUT2D eigenvalue weighted by molar-refractivity contribution is 5.79. The number of amides is 1. The fraction of sp³-hybridized carbons (Fsp3) is 0.667. The van der Waals surface area contributed by atoms with E-state index in [2.05, 4.69) is 17.1 Å². The van der Waals surface area contributed by atoms with Crippen LogP contribution in [0.3, 0.4) is 0 Å². The summed E-state index contributed by atoms with van der Waals surface area (Å²) in [5.41, 5.74) is 0.0106. The van der Waals surface area contributed by atoms with E-state index in [9.17, 15) is 4.79 Å². The zero-order chi connectivity index (χ0) is 13.3. The molecule has 104 valence electrons. The molecule has 1 aromatic rings. The van der Waals surface area contributed by atoms with Gasteiger partial charge in [-0.3, -0.25) is 9.69 Å². The van der Waals surface area contributed by atoms with E-state index in [1.807, 2.05) is 12.1 Å². The largest absolute Gasteiger partial charge is 0.468 e. The number of rotatable bonds is 3. The standard InChI is InChI=1S/C15H22N2O2/c1-2-13-15(8-6-14(18)16-15)7-4-9-17(13)11-12-5-3-10-19-12/h3,5,10,13H,2,4,6-9,11H2,1H3,(H,16,18)/t13-,15+/m0/s1. The molecule has 0 bridgehead atoms. The number of hydrogen-bond acceptors (Lipinski definition) is 3. The molecule has 2 aliphatic heterocycles. The van der Waals surface area contributed by atoms with E-state index in [1.54, 1.807) is 6.26 Å². The fourth-order valence-electron chi connectivity index (χ4n) is 3.89. The molecular formula is C15H22N2O2. The minimum atomic E-state index is 0.0106. The van der Waals surface area contributed by atoms with E-state index in [0.29, 0.717) is 12.5 Å². The zero-order valence-electron chi connectivity index (χ0n) is 11.5. The summed E-state index contributed by atoms with van der Waals surface area (Å²) in [6, 6.07) is 4.40. The Morgan fingerprint density at radius 2 is 2.42 bits per heavy atom. The van der Waals surface area contributed by atoms with Crippen molar-refractivity contribution in [3.63, 3.8) is 0 Å². The maximum Gasteiger partial charge on any atom is 0.220 e. The van der Waals surface area contributed by atoms with Crippen molar-refractivity contribution in [1.29, 1.82) is 0 Å². The van der Waals surface area contributed by atoms with Crippen LogP contribution in [0.25, 0.3) is 0 Å². The van der Waals surface area contributed by atoms with Crippen molar-refractivity contribution < 1.29 is 9.21 Å². The summed E-state index contributed by atoms with van der Waals surface area (Å²) < 4.78 is 5.47. The van der Waals surface area contributed by atoms with Gasteiger partial charge in [0.05, 0.1) is 18.3 Å². The third-order valence-corrected chi connectivity index (χ3v) is 4.66. The van der Waals surface area contributed by atoms with Crippen molar-refractivity contribution in [1.82, 2.24) is 10.2 Å². The molecule has 0 radical (unpaired) electrons. The Kier molecular flexibility index (Phi) is 3.35. The monoisotopic (exact) mass is 262 g/mol. The molecule has 2 atom stereocenters. The van der Waals surface area contributed by atoms with Crippen LogP contribution in [0.4, 0.5) is 0 Å². The molecule has 1 aromatic heterocycles. The Bertz CT molecular complexity index is 443. The molecule has 0 aliphatic carbocycles. The number of carbonyl (C=O) groups is 1. The van der Waals surface area contributed by atoms with Crippen LogP contribution < -0.4 is 5.32 Å². The van der Waals surface area contributed by atoms with Crippen LogP contribution in [0.2, 0.25) is 0 Å². The molecular weight excluding hydrogens is 240 g/mol. The lowest BCUT2D eigenvalue weighted by Gasteiger charge is -2.47. The molecule has 1 amide bonds. The Morgan fingerprint density at radius 1 is 1.53 bits per heavy atom. The van der Waals surface area contributed by atoms with Gasteiger partial charge in [-0.25, -0.2) is 0 Å². The summed E-state index contributed by atoms with van der Waals surface area (Å²) in [4.78, 5) is 14.1. The number of carbonyl (C=O) groups excluding carboxylic acids is 1. The second-order valence-electron chi connectivity index (χ2n) is 5.78. The fourth-order valence-corrected chi connectivity index (χ4v) is 3.89. The summed E-state index contributed by atoms with van der Waals surface area (Å²) >= 11 is 0. The van der Waals surface area contributed by atoms with Crippen molar-refractivity contribution in [3.05, 3.63) is 24.2 Å². The maximum absolute atomic E-state index is 11.7. The Labute approximate surface area is 114 Å². The molecule has 3 rings (SSSR count). The number of nitrogens with zero attached hydrogens (tertiary/aromatic N) is 1. The Morgan fingerprint density at radius 3 is 3.05 bits per heavy atom. The van der Waals surface area contributed by atoms with Gasteiger partial charge in [0, 0.05) is 12.5 Å². The first kappa shape index (κ1) is 12.7. The Hall–Kier alpha value is -1.29. The summed E-state index contributed by atoms with van der Waals surface area (Å²) in [6.07, 6.45) is 6.74. The van der Waals surface area contributed by atoms with Crippen LogP contribution >= 0.6 is 0 Å².